The van der Waals surface area contributed by atoms with Gasteiger partial charge in [-0.05, 0) is 15.9 Å². The number of hydrogen-bond donors (Lipinski definition) is 1. The van der Waals surface area contributed by atoms with Gasteiger partial charge < -0.3 is 0 Å². The van der Waals surface area contributed by atoms with E-state index in [2.05, 4.69) is 26.1 Å². The molecular weight excluding hydrogens is 207 g/mol. The molecule has 0 amide bonds. The summed E-state index contributed by atoms with van der Waals surface area (Å²) >= 11 is 8.32. The van der Waals surface area contributed by atoms with Gasteiger partial charge in [-0.2, -0.15) is 5.10 Å². The third kappa shape index (κ3) is 1.53. The maximum atomic E-state index is 10.6. The highest BCUT2D eigenvalue weighted by Crippen LogP contribution is 2.00. The van der Waals surface area contributed by atoms with Crippen LogP contribution in [0, 0.1) is 0 Å². The molecule has 0 spiro atoms. The minimum Gasteiger partial charge on any atom is -0.286 e. The lowest BCUT2D eigenvalue weighted by Crippen LogP contribution is -2.02. The van der Waals surface area contributed by atoms with Gasteiger partial charge in [0.25, 0.3) is 0 Å². The average molecular weight is 209 g/mol. The van der Waals surface area contributed by atoms with Gasteiger partial charge in [0.1, 0.15) is 4.60 Å². The third-order valence-corrected chi connectivity index (χ3v) is 1.40. The van der Waals surface area contributed by atoms with Crippen molar-refractivity contribution >= 4 is 27.5 Å². The maximum absolute atomic E-state index is 10.6. The fourth-order valence-corrected chi connectivity index (χ4v) is 0.758. The summed E-state index contributed by atoms with van der Waals surface area (Å²) in [4.78, 5) is 10.6. The van der Waals surface area contributed by atoms with E-state index < -0.39 is 0 Å². The van der Waals surface area contributed by atoms with Gasteiger partial charge in [-0.3, -0.25) is 9.89 Å². The molecule has 5 heteroatoms. The molecule has 0 aromatic carbocycles. The molecule has 1 aromatic heterocycles. The van der Waals surface area contributed by atoms with Crippen LogP contribution in [0.15, 0.2) is 15.5 Å². The summed E-state index contributed by atoms with van der Waals surface area (Å²) in [6.07, 6.45) is 0. The van der Waals surface area contributed by atoms with Crippen LogP contribution >= 0.6 is 27.5 Å². The van der Waals surface area contributed by atoms with E-state index in [4.69, 9.17) is 11.6 Å². The molecule has 1 rings (SSSR count). The van der Waals surface area contributed by atoms with Gasteiger partial charge >= 0.3 is 0 Å². The molecule has 1 aromatic rings. The van der Waals surface area contributed by atoms with Gasteiger partial charge in [-0.1, -0.05) is 11.6 Å². The molecule has 0 radical (unpaired) electrons. The first kappa shape index (κ1) is 6.77. The lowest BCUT2D eigenvalue weighted by atomic mass is 10.6. The smallest absolute Gasteiger partial charge is 0.220 e. The normalized spacial score (nSPS) is 9.56. The van der Waals surface area contributed by atoms with Crippen LogP contribution in [0.2, 0.25) is 5.15 Å². The SMILES string of the molecule is O=c1cc(Br)[nH]nc1Cl. The quantitative estimate of drug-likeness (QED) is 0.697. The Morgan fingerprint density at radius 3 is 2.89 bits per heavy atom. The summed E-state index contributed by atoms with van der Waals surface area (Å²) in [5.41, 5.74) is -0.290. The van der Waals surface area contributed by atoms with E-state index in [1.807, 2.05) is 0 Å². The zero-order valence-corrected chi connectivity index (χ0v) is 6.53. The van der Waals surface area contributed by atoms with Crippen LogP contribution < -0.4 is 5.43 Å². The summed E-state index contributed by atoms with van der Waals surface area (Å²) in [5.74, 6) is 0. The van der Waals surface area contributed by atoms with Crippen LogP contribution in [0.25, 0.3) is 0 Å². The number of aromatic amines is 1. The minimum absolute atomic E-state index is 0.0433. The third-order valence-electron chi connectivity index (χ3n) is 0.722. The number of nitrogens with zero attached hydrogens (tertiary/aromatic N) is 1. The molecule has 9 heavy (non-hydrogen) atoms. The van der Waals surface area contributed by atoms with Crippen LogP contribution in [0.4, 0.5) is 0 Å². The van der Waals surface area contributed by atoms with Gasteiger partial charge in [-0.15, -0.1) is 0 Å². The Balaban J connectivity index is 3.34. The van der Waals surface area contributed by atoms with Gasteiger partial charge in [0.15, 0.2) is 5.15 Å². The highest BCUT2D eigenvalue weighted by molar-refractivity contribution is 9.10. The Morgan fingerprint density at radius 2 is 2.44 bits per heavy atom. The number of aromatic nitrogens is 2. The summed E-state index contributed by atoms with van der Waals surface area (Å²) in [7, 11) is 0. The van der Waals surface area contributed by atoms with E-state index in [1.54, 1.807) is 0 Å². The molecule has 3 nitrogen and oxygen atoms in total. The highest BCUT2D eigenvalue weighted by atomic mass is 79.9. The van der Waals surface area contributed by atoms with Crippen LogP contribution in [-0.2, 0) is 0 Å². The second-order valence-corrected chi connectivity index (χ2v) is 2.58. The molecule has 0 saturated carbocycles. The van der Waals surface area contributed by atoms with Crippen molar-refractivity contribution in [2.45, 2.75) is 0 Å². The number of halogens is 2. The van der Waals surface area contributed by atoms with Gasteiger partial charge in [0.05, 0.1) is 0 Å². The topological polar surface area (TPSA) is 45.8 Å². The molecule has 0 aliphatic heterocycles. The molecule has 0 fully saturated rings. The molecule has 0 atom stereocenters. The van der Waals surface area contributed by atoms with Gasteiger partial charge in [-0.25, -0.2) is 0 Å². The average Bonchev–Trinajstić information content (AvgIpc) is 1.80. The number of hydrogen-bond acceptors (Lipinski definition) is 2. The second kappa shape index (κ2) is 2.49. The van der Waals surface area contributed by atoms with E-state index in [1.165, 1.54) is 6.07 Å². The Kier molecular flexibility index (Phi) is 1.87. The molecule has 0 aliphatic carbocycles. The highest BCUT2D eigenvalue weighted by Gasteiger charge is 1.94. The van der Waals surface area contributed by atoms with Crippen molar-refractivity contribution in [3.8, 4) is 0 Å². The van der Waals surface area contributed by atoms with E-state index in [0.717, 1.165) is 0 Å². The Hall–Kier alpha value is -0.350. The predicted octanol–water partition coefficient (Wildman–Crippen LogP) is 1.19. The van der Waals surface area contributed by atoms with Crippen LogP contribution in [0.5, 0.6) is 0 Å². The van der Waals surface area contributed by atoms with Crippen LogP contribution in [0.1, 0.15) is 0 Å². The first-order valence-electron chi connectivity index (χ1n) is 2.11. The van der Waals surface area contributed by atoms with E-state index in [0.29, 0.717) is 4.60 Å². The van der Waals surface area contributed by atoms with Crippen LogP contribution in [-0.4, -0.2) is 10.2 Å². The standard InChI is InChI=1S/C4H2BrClN2O/c5-3-1-2(9)4(6)8-7-3/h1H,(H,7,9). The summed E-state index contributed by atoms with van der Waals surface area (Å²) in [6.45, 7) is 0. The zero-order valence-electron chi connectivity index (χ0n) is 4.19. The molecule has 1 N–H and O–H groups in total. The van der Waals surface area contributed by atoms with Crippen molar-refractivity contribution in [1.82, 2.24) is 10.2 Å². The zero-order chi connectivity index (χ0) is 6.85. The molecule has 0 saturated heterocycles. The molecule has 0 unspecified atom stereocenters. The number of nitrogens with one attached hydrogen (secondary N) is 1. The molecule has 1 heterocycles. The Morgan fingerprint density at radius 1 is 1.78 bits per heavy atom. The van der Waals surface area contributed by atoms with Gasteiger partial charge in [0, 0.05) is 6.07 Å². The predicted molar refractivity (Wildman–Crippen MR) is 37.6 cm³/mol. The first-order chi connectivity index (χ1) is 4.20. The number of rotatable bonds is 0. The monoisotopic (exact) mass is 208 g/mol. The fourth-order valence-electron chi connectivity index (χ4n) is 0.365. The summed E-state index contributed by atoms with van der Waals surface area (Å²) in [6, 6.07) is 1.31. The summed E-state index contributed by atoms with van der Waals surface area (Å²) < 4.78 is 0.525. The second-order valence-electron chi connectivity index (χ2n) is 1.37. The van der Waals surface area contributed by atoms with E-state index in [9.17, 15) is 4.79 Å². The maximum Gasteiger partial charge on any atom is 0.220 e. The van der Waals surface area contributed by atoms with Crippen molar-refractivity contribution < 1.29 is 0 Å². The van der Waals surface area contributed by atoms with E-state index >= 15 is 0 Å². The largest absolute Gasteiger partial charge is 0.286 e. The van der Waals surface area contributed by atoms with Crippen LogP contribution in [0.3, 0.4) is 0 Å². The summed E-state index contributed by atoms with van der Waals surface area (Å²) in [5, 5.41) is 5.89. The molecule has 0 aliphatic rings. The lowest BCUT2D eigenvalue weighted by Gasteiger charge is -1.86. The number of H-pyrrole nitrogens is 1. The van der Waals surface area contributed by atoms with Crippen molar-refractivity contribution in [2.24, 2.45) is 0 Å². The van der Waals surface area contributed by atoms with Gasteiger partial charge in [0.2, 0.25) is 5.43 Å². The Labute approximate surface area is 64.2 Å². The molecule has 0 bridgehead atoms. The molecular formula is C4H2BrClN2O. The van der Waals surface area contributed by atoms with Crippen molar-refractivity contribution in [1.29, 1.82) is 0 Å². The van der Waals surface area contributed by atoms with Crippen molar-refractivity contribution in [3.05, 3.63) is 26.0 Å². The Bertz CT molecular complexity index is 272. The lowest BCUT2D eigenvalue weighted by molar-refractivity contribution is 0.993. The van der Waals surface area contributed by atoms with E-state index in [-0.39, 0.29) is 10.6 Å². The minimum atomic E-state index is -0.290. The molecule has 48 valence electrons. The fraction of sp³-hybridized carbons (Fsp3) is 0. The van der Waals surface area contributed by atoms with Crippen molar-refractivity contribution in [2.75, 3.05) is 0 Å². The van der Waals surface area contributed by atoms with Crippen molar-refractivity contribution in [3.63, 3.8) is 0 Å². The first-order valence-corrected chi connectivity index (χ1v) is 3.28.